The average Bonchev–Trinajstić information content (AvgIpc) is 1.65. The number of aromatic nitrogens is 9. The van der Waals surface area contributed by atoms with Crippen LogP contribution in [0.15, 0.2) is 80.6 Å². The van der Waals surface area contributed by atoms with Gasteiger partial charge in [0.05, 0.1) is 22.7 Å². The third-order valence-corrected chi connectivity index (χ3v) is 13.0. The van der Waals surface area contributed by atoms with E-state index < -0.39 is 85.8 Å². The van der Waals surface area contributed by atoms with Crippen molar-refractivity contribution >= 4 is 160 Å². The van der Waals surface area contributed by atoms with E-state index in [0.717, 1.165) is 15.8 Å². The zero-order valence-electron chi connectivity index (χ0n) is 60.8. The Morgan fingerprint density at radius 2 is 1.10 bits per heavy atom. The molecule has 0 fully saturated rings. The predicted molar refractivity (Wildman–Crippen MR) is 415 cm³/mol. The van der Waals surface area contributed by atoms with Gasteiger partial charge >= 0.3 is 42.1 Å². The number of nitriles is 2. The van der Waals surface area contributed by atoms with Crippen LogP contribution >= 0.6 is 80.3 Å². The molecule has 15 N–H and O–H groups in total. The maximum Gasteiger partial charge on any atom is 0.387 e. The number of hydrogen-bond donors (Lipinski definition) is 8. The fourth-order valence-corrected chi connectivity index (χ4v) is 7.75. The molecule has 0 spiro atoms. The lowest BCUT2D eigenvalue weighted by Crippen LogP contribution is -2.35. The van der Waals surface area contributed by atoms with Gasteiger partial charge in [-0.2, -0.15) is 20.7 Å². The molecule has 0 saturated heterocycles. The molecule has 42 heteroatoms. The fourth-order valence-electron chi connectivity index (χ4n) is 6.69. The van der Waals surface area contributed by atoms with Gasteiger partial charge in [0, 0.05) is 55.1 Å². The van der Waals surface area contributed by atoms with E-state index in [1.165, 1.54) is 63.6 Å². The largest absolute Gasteiger partial charge is 0.456 e. The Morgan fingerprint density at radius 1 is 0.664 bits per heavy atom. The summed E-state index contributed by atoms with van der Waals surface area (Å²) in [6, 6.07) is 12.5. The highest BCUT2D eigenvalue weighted by molar-refractivity contribution is 8.13. The summed E-state index contributed by atoms with van der Waals surface area (Å²) in [6.45, 7) is 36.1. The van der Waals surface area contributed by atoms with E-state index in [1.807, 2.05) is 13.8 Å². The second-order valence-electron chi connectivity index (χ2n) is 25.9. The molecule has 6 aromatic rings. The topological polar surface area (TPSA) is 537 Å². The number of H-pyrrole nitrogens is 1. The molecule has 1 aliphatic rings. The summed E-state index contributed by atoms with van der Waals surface area (Å²) in [4.78, 5) is 98.1. The fraction of sp³-hybridized carbons (Fsp3) is 0.462. The Balaban J connectivity index is -0.000000573. The number of rotatable bonds is 6. The molecule has 0 bridgehead atoms. The van der Waals surface area contributed by atoms with E-state index in [0.29, 0.717) is 11.3 Å². The first-order chi connectivity index (χ1) is 47.5. The molecule has 594 valence electrons. The summed E-state index contributed by atoms with van der Waals surface area (Å²) in [7, 11) is 4.58. The number of anilines is 4. The van der Waals surface area contributed by atoms with Gasteiger partial charge in [-0.1, -0.05) is 102 Å². The van der Waals surface area contributed by atoms with Gasteiger partial charge in [-0.3, -0.25) is 30.9 Å². The third-order valence-electron chi connectivity index (χ3n) is 10.8. The number of carbonyl (C=O) groups excluding carboxylic acids is 6. The number of allylic oxidation sites excluding steroid dienone is 2. The van der Waals surface area contributed by atoms with Gasteiger partial charge in [0.1, 0.15) is 62.7 Å². The van der Waals surface area contributed by atoms with Crippen LogP contribution in [0, 0.1) is 43.1 Å². The smallest absolute Gasteiger partial charge is 0.387 e. The molecule has 0 amide bonds. The molecule has 0 radical (unpaired) electrons. The normalized spacial score (nSPS) is 11.7. The van der Waals surface area contributed by atoms with E-state index in [9.17, 15) is 46.8 Å². The van der Waals surface area contributed by atoms with Crippen molar-refractivity contribution in [2.24, 2.45) is 31.5 Å². The van der Waals surface area contributed by atoms with Crippen LogP contribution in [0.4, 0.5) is 23.3 Å². The lowest BCUT2D eigenvalue weighted by molar-refractivity contribution is -0.152. The van der Waals surface area contributed by atoms with E-state index >= 15 is 0 Å². The summed E-state index contributed by atoms with van der Waals surface area (Å²) in [5.74, 6) is 5.29. The van der Waals surface area contributed by atoms with Crippen LogP contribution in [-0.4, -0.2) is 130 Å². The predicted octanol–water partition coefficient (Wildman–Crippen LogP) is 9.78. The van der Waals surface area contributed by atoms with E-state index in [4.69, 9.17) is 150 Å². The summed E-state index contributed by atoms with van der Waals surface area (Å²) >= 11 is 31.0. The maximum absolute atomic E-state index is 12.1. The number of esters is 5. The van der Waals surface area contributed by atoms with Crippen molar-refractivity contribution in [2.45, 2.75) is 179 Å². The first kappa shape index (κ1) is 104. The molecule has 6 heterocycles. The van der Waals surface area contributed by atoms with Crippen molar-refractivity contribution in [3.05, 3.63) is 132 Å². The van der Waals surface area contributed by atoms with Crippen LogP contribution in [0.2, 0.25) is 0 Å². The SMILES string of the molecule is C.C.CC(C)(C)OC(=O)/C(C#N)=C(\N)C(Cl)(Cl)Cl.CC(C)(C)OC(=O)c1c(N)n[nH]c1N.CC(C)(C)OC(=O)c1c(N)nn2c1CC(=O)C=C2.Cc1ccc(S(=O)(=O)Cl)cc1.Cc1ccn2nc(N)c(C(=O)OC(C)(C)C)c2n1.Cn1ccc(=O)n(C)c1=O.N#CC(Cl)(Cl)Cl.NN.[C-]#[N+]CC(=O)OC(C)(C)C. The number of alkyl halides is 6. The van der Waals surface area contributed by atoms with Gasteiger partial charge in [-0.25, -0.2) is 57.9 Å². The first-order valence-electron chi connectivity index (χ1n) is 29.8. The molecule has 0 aliphatic carbocycles. The highest BCUT2D eigenvalue weighted by Gasteiger charge is 2.33. The van der Waals surface area contributed by atoms with Crippen LogP contribution in [0.5, 0.6) is 0 Å². The second kappa shape index (κ2) is 44.2. The summed E-state index contributed by atoms with van der Waals surface area (Å²) < 4.78 is 48.4. The quantitative estimate of drug-likeness (QED) is 0.00884. The number of nitrogens with zero attached hydrogens (tertiary/aromatic N) is 11. The van der Waals surface area contributed by atoms with Gasteiger partial charge in [-0.05, 0) is 142 Å². The standard InChI is InChI=1S/C12H16N4O2.C12H15N3O3.C9H11Cl3N2O2.C8H14N4O2.C7H7ClO2S.C7H11NO2.C6H8N2O2.C2Cl3N.2CH4.H4N2/c1-7-5-6-16-10(14-7)8(9(13)15-16)11(17)18-12(2,3)4;1-12(2,3)18-11(17)9-8-6-7(16)4-5-15(8)14-10(9)13;1-8(2,3)16-7(15)5(4-13)6(14)9(10,11)12;1-8(2,3)14-7(13)4-5(9)11-12-6(4)10;1-6-2-4-7(5-3-6)11(8,9)10;1-7(2,3)10-6(9)5-8-4;1-7-4-3-5(9)8(2)6(7)10;3-2(4,5)1-6;;;1-2/h5-6H,1-4H3,(H2,13,15);4-5H,6H2,1-3H3,(H2,13,14);14H2,1-3H3;1-3H3,(H5,9,10,11,12);2-5H,1H3;5H2,1-3H3;3-4H,1-2H3;;2*1H4;1-2H2/b;;6-5-;;;;;;;;. The third kappa shape index (κ3) is 40.9. The Hall–Kier alpha value is -9.19. The van der Waals surface area contributed by atoms with Crippen molar-refractivity contribution in [2.75, 3.05) is 29.5 Å². The van der Waals surface area contributed by atoms with Crippen LogP contribution in [-0.2, 0) is 67.6 Å². The lowest BCUT2D eigenvalue weighted by atomic mass is 10.1. The lowest BCUT2D eigenvalue weighted by Gasteiger charge is -2.20. The molecular weight excluding hydrogens is 1570 g/mol. The molecule has 5 aromatic heterocycles. The number of halogens is 7. The minimum Gasteiger partial charge on any atom is -0.456 e. The Morgan fingerprint density at radius 3 is 1.49 bits per heavy atom. The van der Waals surface area contributed by atoms with Crippen molar-refractivity contribution in [3.63, 3.8) is 0 Å². The molecule has 0 saturated carbocycles. The number of aryl methyl sites for hydroxylation is 3. The Bertz CT molecular complexity index is 4430. The number of nitrogens with one attached hydrogen (secondary N) is 1. The molecule has 0 atom stereocenters. The number of ether oxygens (including phenoxy) is 5. The zero-order chi connectivity index (χ0) is 82.7. The molecule has 0 unspecified atom stereocenters. The number of hydrazine groups is 1. The number of aromatic amines is 1. The van der Waals surface area contributed by atoms with E-state index in [-0.39, 0.29) is 89.7 Å². The molecule has 1 aliphatic heterocycles. The molecule has 107 heavy (non-hydrogen) atoms. The average molecular weight is 1660 g/mol. The van der Waals surface area contributed by atoms with Gasteiger partial charge in [-0.15, -0.1) is 5.10 Å². The van der Waals surface area contributed by atoms with Crippen LogP contribution in [0.25, 0.3) is 16.7 Å². The molecular formula is C65H94Cl7N19O15S. The maximum atomic E-state index is 12.1. The van der Waals surface area contributed by atoms with Crippen LogP contribution in [0.1, 0.15) is 167 Å². The van der Waals surface area contributed by atoms with Gasteiger partial charge in [0.15, 0.2) is 34.5 Å². The van der Waals surface area contributed by atoms with E-state index in [1.54, 1.807) is 141 Å². The number of nitrogens with two attached hydrogens (primary N) is 7. The molecule has 34 nitrogen and oxygen atoms in total. The molecule has 7 rings (SSSR count). The van der Waals surface area contributed by atoms with Gasteiger partial charge in [0.2, 0.25) is 3.79 Å². The number of hydrogen-bond acceptors (Lipinski definition) is 28. The number of fused-ring (bicyclic) bond motifs is 2. The highest BCUT2D eigenvalue weighted by Crippen LogP contribution is 2.34. The Kier molecular flexibility index (Phi) is 43.0. The number of ketones is 1. The van der Waals surface area contributed by atoms with Crippen molar-refractivity contribution < 1.29 is 60.9 Å². The minimum absolute atomic E-state index is 0. The summed E-state index contributed by atoms with van der Waals surface area (Å²) in [6.07, 6.45) is 6.16. The number of carbonyl (C=O) groups is 6. The van der Waals surface area contributed by atoms with Crippen LogP contribution in [0.3, 0.4) is 0 Å². The zero-order valence-corrected chi connectivity index (χ0v) is 66.9. The second-order valence-corrected chi connectivity index (χ2v) is 33.0. The monoisotopic (exact) mass is 1660 g/mol. The van der Waals surface area contributed by atoms with Crippen molar-refractivity contribution in [1.29, 1.82) is 10.5 Å². The summed E-state index contributed by atoms with van der Waals surface area (Å²) in [5, 5.41) is 30.5. The summed E-state index contributed by atoms with van der Waals surface area (Å²) in [5.41, 5.74) is 26.4. The highest BCUT2D eigenvalue weighted by atomic mass is 35.7. The van der Waals surface area contributed by atoms with Gasteiger partial charge < -0.3 is 61.8 Å². The Labute approximate surface area is 655 Å². The number of nitrogen functional groups attached to an aromatic ring is 4. The van der Waals surface area contributed by atoms with Gasteiger partial charge in [0.25, 0.3) is 18.4 Å². The van der Waals surface area contributed by atoms with Crippen molar-refractivity contribution in [1.82, 2.24) is 43.7 Å². The van der Waals surface area contributed by atoms with Crippen molar-refractivity contribution in [3.8, 4) is 12.1 Å². The van der Waals surface area contributed by atoms with E-state index in [2.05, 4.69) is 41.9 Å². The number of benzene rings is 1. The minimum atomic E-state index is -3.55. The first-order valence-corrected chi connectivity index (χ1v) is 34.4. The van der Waals surface area contributed by atoms with Crippen LogP contribution < -0.4 is 51.6 Å². The molecule has 1 aromatic carbocycles.